The summed E-state index contributed by atoms with van der Waals surface area (Å²) in [6.45, 7) is 4.34. The first-order valence-corrected chi connectivity index (χ1v) is 9.51. The van der Waals surface area contributed by atoms with Crippen LogP contribution in [0.25, 0.3) is 26.9 Å². The molecule has 8 heteroatoms. The third kappa shape index (κ3) is 2.94. The number of rotatable bonds is 5. The van der Waals surface area contributed by atoms with E-state index < -0.39 is 0 Å². The number of thioether (sulfide) groups is 1. The molecule has 24 heavy (non-hydrogen) atoms. The zero-order chi connectivity index (χ0) is 16.5. The van der Waals surface area contributed by atoms with Crippen molar-refractivity contribution in [2.45, 2.75) is 24.9 Å². The van der Waals surface area contributed by atoms with Gasteiger partial charge in [0.15, 0.2) is 10.8 Å². The van der Waals surface area contributed by atoms with Gasteiger partial charge in [-0.1, -0.05) is 55.5 Å². The van der Waals surface area contributed by atoms with Crippen LogP contribution in [0.1, 0.15) is 19.7 Å². The van der Waals surface area contributed by atoms with Gasteiger partial charge in [-0.25, -0.2) is 0 Å². The third-order valence-electron chi connectivity index (χ3n) is 3.48. The highest BCUT2D eigenvalue weighted by atomic mass is 32.2. The maximum absolute atomic E-state index is 4.65. The van der Waals surface area contributed by atoms with E-state index in [2.05, 4.69) is 39.3 Å². The van der Waals surface area contributed by atoms with E-state index >= 15 is 0 Å². The van der Waals surface area contributed by atoms with Crippen molar-refractivity contribution < 1.29 is 0 Å². The molecule has 0 atom stereocenters. The van der Waals surface area contributed by atoms with Crippen LogP contribution >= 0.6 is 23.1 Å². The van der Waals surface area contributed by atoms with Crippen molar-refractivity contribution >= 4 is 28.1 Å². The molecule has 1 aromatic carbocycles. The molecule has 0 radical (unpaired) electrons. The first kappa shape index (κ1) is 15.3. The number of hydrogen-bond acceptors (Lipinski definition) is 6. The summed E-state index contributed by atoms with van der Waals surface area (Å²) in [4.78, 5) is 0.806. The molecular weight excluding hydrogens is 340 g/mol. The molecule has 0 aliphatic heterocycles. The number of fused-ring (bicyclic) bond motifs is 1. The quantitative estimate of drug-likeness (QED) is 0.587. The van der Waals surface area contributed by atoms with E-state index in [0.717, 1.165) is 38.5 Å². The van der Waals surface area contributed by atoms with Crippen molar-refractivity contribution in [3.8, 4) is 22.0 Å². The molecule has 0 unspecified atom stereocenters. The van der Waals surface area contributed by atoms with E-state index in [1.807, 2.05) is 52.7 Å². The second-order valence-corrected chi connectivity index (χ2v) is 8.13. The van der Waals surface area contributed by atoms with Crippen LogP contribution in [0.2, 0.25) is 0 Å². The lowest BCUT2D eigenvalue weighted by atomic mass is 10.1. The van der Waals surface area contributed by atoms with Crippen molar-refractivity contribution in [3.63, 3.8) is 0 Å². The standard InChI is InChI=1S/C16H16N6S2/c1-10(2)23-9-14-19-20-16-22(14)21-15(24-16)13-8-12(17-18-13)11-6-4-3-5-7-11/h3-8,10H,9H2,1-2H3,(H,17,18). The van der Waals surface area contributed by atoms with Gasteiger partial charge >= 0.3 is 0 Å². The highest BCUT2D eigenvalue weighted by Crippen LogP contribution is 2.28. The van der Waals surface area contributed by atoms with Crippen LogP contribution in [0.3, 0.4) is 0 Å². The van der Waals surface area contributed by atoms with Gasteiger partial charge in [0.1, 0.15) is 0 Å². The first-order chi connectivity index (χ1) is 11.7. The molecule has 0 aliphatic rings. The maximum atomic E-state index is 4.65. The van der Waals surface area contributed by atoms with Crippen molar-refractivity contribution in [1.29, 1.82) is 0 Å². The fourth-order valence-corrected chi connectivity index (χ4v) is 3.77. The largest absolute Gasteiger partial charge is 0.275 e. The van der Waals surface area contributed by atoms with Crippen molar-refractivity contribution in [1.82, 2.24) is 30.0 Å². The number of aromatic amines is 1. The molecule has 3 heterocycles. The minimum absolute atomic E-state index is 0.552. The van der Waals surface area contributed by atoms with E-state index in [4.69, 9.17) is 0 Å². The van der Waals surface area contributed by atoms with Crippen LogP contribution in [-0.2, 0) is 5.75 Å². The summed E-state index contributed by atoms with van der Waals surface area (Å²) in [6.07, 6.45) is 0. The maximum Gasteiger partial charge on any atom is 0.235 e. The van der Waals surface area contributed by atoms with Gasteiger partial charge in [-0.15, -0.1) is 10.2 Å². The topological polar surface area (TPSA) is 71.8 Å². The number of nitrogens with one attached hydrogen (secondary N) is 1. The lowest BCUT2D eigenvalue weighted by Crippen LogP contribution is -1.96. The molecule has 0 bridgehead atoms. The van der Waals surface area contributed by atoms with Gasteiger partial charge in [-0.3, -0.25) is 5.10 Å². The lowest BCUT2D eigenvalue weighted by Gasteiger charge is -2.00. The Morgan fingerprint density at radius 1 is 1.21 bits per heavy atom. The first-order valence-electron chi connectivity index (χ1n) is 7.64. The highest BCUT2D eigenvalue weighted by molar-refractivity contribution is 7.99. The van der Waals surface area contributed by atoms with Gasteiger partial charge in [0.05, 0.1) is 17.1 Å². The van der Waals surface area contributed by atoms with Gasteiger partial charge in [-0.05, 0) is 11.3 Å². The molecule has 4 rings (SSSR count). The summed E-state index contributed by atoms with van der Waals surface area (Å²) in [5.41, 5.74) is 2.89. The number of benzene rings is 1. The van der Waals surface area contributed by atoms with Crippen molar-refractivity contribution in [3.05, 3.63) is 42.2 Å². The zero-order valence-electron chi connectivity index (χ0n) is 13.3. The van der Waals surface area contributed by atoms with E-state index in [1.54, 1.807) is 0 Å². The van der Waals surface area contributed by atoms with Gasteiger partial charge in [-0.2, -0.15) is 26.5 Å². The van der Waals surface area contributed by atoms with Crippen LogP contribution < -0.4 is 0 Å². The van der Waals surface area contributed by atoms with E-state index in [-0.39, 0.29) is 0 Å². The second kappa shape index (κ2) is 6.37. The molecule has 6 nitrogen and oxygen atoms in total. The molecule has 0 fully saturated rings. The average molecular weight is 356 g/mol. The SMILES string of the molecule is CC(C)SCc1nnc2sc(-c3cc(-c4ccccc4)n[nH]3)nn12. The molecule has 3 aromatic heterocycles. The summed E-state index contributed by atoms with van der Waals surface area (Å²) in [5, 5.41) is 22.0. The Morgan fingerprint density at radius 2 is 2.04 bits per heavy atom. The van der Waals surface area contributed by atoms with E-state index in [9.17, 15) is 0 Å². The number of H-pyrrole nitrogens is 1. The molecule has 0 saturated heterocycles. The fourth-order valence-electron chi connectivity index (χ4n) is 2.29. The zero-order valence-corrected chi connectivity index (χ0v) is 14.9. The Morgan fingerprint density at radius 3 is 2.83 bits per heavy atom. The number of aromatic nitrogens is 6. The van der Waals surface area contributed by atoms with E-state index in [0.29, 0.717) is 5.25 Å². The Kier molecular flexibility index (Phi) is 4.07. The minimum Gasteiger partial charge on any atom is -0.275 e. The van der Waals surface area contributed by atoms with Crippen LogP contribution in [0.5, 0.6) is 0 Å². The van der Waals surface area contributed by atoms with Gasteiger partial charge in [0.25, 0.3) is 0 Å². The van der Waals surface area contributed by atoms with Crippen LogP contribution in [0.15, 0.2) is 36.4 Å². The summed E-state index contributed by atoms with van der Waals surface area (Å²) in [5.74, 6) is 1.69. The lowest BCUT2D eigenvalue weighted by molar-refractivity contribution is 0.883. The van der Waals surface area contributed by atoms with Crippen LogP contribution in [-0.4, -0.2) is 35.3 Å². The molecular formula is C16H16N6S2. The molecule has 0 amide bonds. The molecule has 1 N–H and O–H groups in total. The summed E-state index contributed by atoms with van der Waals surface area (Å²) in [7, 11) is 0. The smallest absolute Gasteiger partial charge is 0.235 e. The Labute approximate surface area is 147 Å². The van der Waals surface area contributed by atoms with Gasteiger partial charge in [0.2, 0.25) is 4.96 Å². The predicted octanol–water partition coefficient (Wildman–Crippen LogP) is 3.88. The summed E-state index contributed by atoms with van der Waals surface area (Å²) >= 11 is 3.34. The normalized spacial score (nSPS) is 11.6. The van der Waals surface area contributed by atoms with Gasteiger partial charge < -0.3 is 0 Å². The number of nitrogens with zero attached hydrogens (tertiary/aromatic N) is 5. The molecule has 0 saturated carbocycles. The van der Waals surface area contributed by atoms with E-state index in [1.165, 1.54) is 11.3 Å². The Hall–Kier alpha value is -2.19. The predicted molar refractivity (Wildman–Crippen MR) is 98.1 cm³/mol. The van der Waals surface area contributed by atoms with Crippen molar-refractivity contribution in [2.75, 3.05) is 0 Å². The second-order valence-electron chi connectivity index (χ2n) is 5.61. The van der Waals surface area contributed by atoms with Crippen LogP contribution in [0.4, 0.5) is 0 Å². The molecule has 4 aromatic rings. The Bertz CT molecular complexity index is 953. The number of hydrogen-bond donors (Lipinski definition) is 1. The molecule has 0 aliphatic carbocycles. The minimum atomic E-state index is 0.552. The highest BCUT2D eigenvalue weighted by Gasteiger charge is 2.15. The summed E-state index contributed by atoms with van der Waals surface area (Å²) < 4.78 is 1.83. The molecule has 122 valence electrons. The fraction of sp³-hybridized carbons (Fsp3) is 0.250. The third-order valence-corrected chi connectivity index (χ3v) is 5.50. The summed E-state index contributed by atoms with van der Waals surface area (Å²) in [6, 6.07) is 12.1. The van der Waals surface area contributed by atoms with Gasteiger partial charge in [0, 0.05) is 5.56 Å². The van der Waals surface area contributed by atoms with Crippen LogP contribution in [0, 0.1) is 0 Å². The Balaban J connectivity index is 1.64. The monoisotopic (exact) mass is 356 g/mol. The van der Waals surface area contributed by atoms with Crippen molar-refractivity contribution in [2.24, 2.45) is 0 Å². The molecule has 0 spiro atoms. The average Bonchev–Trinajstić information content (AvgIpc) is 3.29.